The van der Waals surface area contributed by atoms with E-state index < -0.39 is 0 Å². The van der Waals surface area contributed by atoms with Gasteiger partial charge in [-0.15, -0.1) is 0 Å². The van der Waals surface area contributed by atoms with E-state index in [0.29, 0.717) is 17.8 Å². The van der Waals surface area contributed by atoms with Crippen LogP contribution in [0, 0.1) is 11.3 Å². The number of thioether (sulfide) groups is 1. The Morgan fingerprint density at radius 3 is 2.64 bits per heavy atom. The largest absolute Gasteiger partial charge is 0.382 e. The van der Waals surface area contributed by atoms with Crippen LogP contribution in [0.3, 0.4) is 0 Å². The van der Waals surface area contributed by atoms with Gasteiger partial charge in [0.15, 0.2) is 5.96 Å². The summed E-state index contributed by atoms with van der Waals surface area (Å²) in [5.74, 6) is 1.16. The summed E-state index contributed by atoms with van der Waals surface area (Å²) in [7, 11) is 1.76. The lowest BCUT2D eigenvalue weighted by atomic mass is 10.1. The molecule has 0 saturated heterocycles. The van der Waals surface area contributed by atoms with Gasteiger partial charge < -0.3 is 16.4 Å². The second-order valence-electron chi connectivity index (χ2n) is 6.99. The molecule has 0 aliphatic carbocycles. The van der Waals surface area contributed by atoms with E-state index in [9.17, 15) is 5.26 Å². The summed E-state index contributed by atoms with van der Waals surface area (Å²) in [4.78, 5) is 4.25. The van der Waals surface area contributed by atoms with Crippen molar-refractivity contribution in [2.75, 3.05) is 32.1 Å². The molecule has 0 bridgehead atoms. The molecule has 1 aromatic heterocycles. The fraction of sp³-hybridized carbons (Fsp3) is 0.450. The fourth-order valence-corrected chi connectivity index (χ4v) is 2.81. The van der Waals surface area contributed by atoms with Crippen LogP contribution in [0.15, 0.2) is 35.3 Å². The summed E-state index contributed by atoms with van der Waals surface area (Å²) in [5, 5.41) is 20.7. The Hall–Kier alpha value is -2.66. The lowest BCUT2D eigenvalue weighted by Gasteiger charge is -2.23. The molecule has 0 saturated carbocycles. The smallest absolute Gasteiger partial charge is 0.191 e. The number of nitrogens with one attached hydrogen (secondary N) is 2. The highest BCUT2D eigenvalue weighted by Gasteiger charge is 2.17. The molecular weight excluding hydrogens is 370 g/mol. The highest BCUT2D eigenvalue weighted by atomic mass is 32.2. The van der Waals surface area contributed by atoms with E-state index in [-0.39, 0.29) is 4.75 Å². The SMILES string of the molecule is CN=C(NCCCc1nn(-c2ccccc2)c(N)c1C#N)NCC(C)(C)SC. The van der Waals surface area contributed by atoms with Gasteiger partial charge in [-0.3, -0.25) is 4.99 Å². The van der Waals surface area contributed by atoms with E-state index in [0.717, 1.165) is 36.9 Å². The van der Waals surface area contributed by atoms with Gasteiger partial charge in [-0.05, 0) is 45.1 Å². The van der Waals surface area contributed by atoms with Gasteiger partial charge in [0.1, 0.15) is 17.5 Å². The van der Waals surface area contributed by atoms with Crippen molar-refractivity contribution in [2.24, 2.45) is 4.99 Å². The molecule has 2 aromatic rings. The normalized spacial score (nSPS) is 11.9. The Kier molecular flexibility index (Phi) is 7.76. The molecule has 2 rings (SSSR count). The monoisotopic (exact) mass is 399 g/mol. The average Bonchev–Trinajstić information content (AvgIpc) is 3.03. The van der Waals surface area contributed by atoms with Crippen LogP contribution in [-0.2, 0) is 6.42 Å². The number of rotatable bonds is 8. The number of aromatic nitrogens is 2. The molecule has 0 aliphatic rings. The minimum absolute atomic E-state index is 0.140. The van der Waals surface area contributed by atoms with E-state index in [1.54, 1.807) is 11.7 Å². The first-order valence-electron chi connectivity index (χ1n) is 9.24. The third kappa shape index (κ3) is 5.67. The molecule has 0 radical (unpaired) electrons. The molecule has 28 heavy (non-hydrogen) atoms. The number of nitrogens with two attached hydrogens (primary N) is 1. The Labute approximate surface area is 171 Å². The number of nitrogens with zero attached hydrogens (tertiary/aromatic N) is 4. The second kappa shape index (κ2) is 10.0. The summed E-state index contributed by atoms with van der Waals surface area (Å²) in [6.07, 6.45) is 3.57. The van der Waals surface area contributed by atoms with Gasteiger partial charge in [-0.25, -0.2) is 4.68 Å². The number of hydrogen-bond donors (Lipinski definition) is 3. The summed E-state index contributed by atoms with van der Waals surface area (Å²) in [6, 6.07) is 11.8. The molecule has 4 N–H and O–H groups in total. The van der Waals surface area contributed by atoms with Crippen molar-refractivity contribution in [3.8, 4) is 11.8 Å². The van der Waals surface area contributed by atoms with Crippen LogP contribution < -0.4 is 16.4 Å². The molecule has 0 amide bonds. The Balaban J connectivity index is 1.93. The lowest BCUT2D eigenvalue weighted by Crippen LogP contribution is -2.43. The molecule has 0 atom stereocenters. The van der Waals surface area contributed by atoms with Crippen LogP contribution >= 0.6 is 11.8 Å². The zero-order valence-corrected chi connectivity index (χ0v) is 17.8. The Bertz CT molecular complexity index is 834. The maximum atomic E-state index is 9.48. The molecule has 8 heteroatoms. The minimum Gasteiger partial charge on any atom is -0.382 e. The van der Waals surface area contributed by atoms with Crippen molar-refractivity contribution in [3.63, 3.8) is 0 Å². The fourth-order valence-electron chi connectivity index (χ4n) is 2.59. The third-order valence-electron chi connectivity index (χ3n) is 4.45. The number of aryl methyl sites for hydroxylation is 1. The van der Waals surface area contributed by atoms with Gasteiger partial charge in [-0.1, -0.05) is 18.2 Å². The van der Waals surface area contributed by atoms with Crippen molar-refractivity contribution in [3.05, 3.63) is 41.6 Å². The number of para-hydroxylation sites is 1. The number of anilines is 1. The van der Waals surface area contributed by atoms with E-state index >= 15 is 0 Å². The molecule has 0 fully saturated rings. The van der Waals surface area contributed by atoms with Crippen LogP contribution in [0.25, 0.3) is 5.69 Å². The molecule has 0 unspecified atom stereocenters. The molecule has 150 valence electrons. The first kappa shape index (κ1) is 21.6. The molecule has 1 aromatic carbocycles. The van der Waals surface area contributed by atoms with E-state index in [1.807, 2.05) is 42.1 Å². The number of hydrogen-bond acceptors (Lipinski definition) is 5. The van der Waals surface area contributed by atoms with Crippen molar-refractivity contribution >= 4 is 23.5 Å². The standard InChI is InChI=1S/C20H29N7S/c1-20(2,28-4)14-25-19(23-3)24-12-8-11-17-16(13-21)18(22)27(26-17)15-9-6-5-7-10-15/h5-7,9-10H,8,11-12,14,22H2,1-4H3,(H2,23,24,25). The van der Waals surface area contributed by atoms with Crippen molar-refractivity contribution in [2.45, 2.75) is 31.4 Å². The number of nitrogen functional groups attached to an aromatic ring is 1. The van der Waals surface area contributed by atoms with Gasteiger partial charge >= 0.3 is 0 Å². The summed E-state index contributed by atoms with van der Waals surface area (Å²) >= 11 is 1.81. The topological polar surface area (TPSA) is 104 Å². The summed E-state index contributed by atoms with van der Waals surface area (Å²) in [5.41, 5.74) is 8.17. The maximum Gasteiger partial charge on any atom is 0.191 e. The van der Waals surface area contributed by atoms with Crippen molar-refractivity contribution < 1.29 is 0 Å². The lowest BCUT2D eigenvalue weighted by molar-refractivity contribution is 0.657. The van der Waals surface area contributed by atoms with Crippen LogP contribution in [0.1, 0.15) is 31.5 Å². The summed E-state index contributed by atoms with van der Waals surface area (Å²) < 4.78 is 1.77. The zero-order chi connectivity index (χ0) is 20.6. The van der Waals surface area contributed by atoms with E-state index in [2.05, 4.69) is 46.9 Å². The first-order valence-corrected chi connectivity index (χ1v) is 10.5. The van der Waals surface area contributed by atoms with E-state index in [1.165, 1.54) is 0 Å². The number of nitriles is 1. The van der Waals surface area contributed by atoms with Gasteiger partial charge in [0.25, 0.3) is 0 Å². The predicted octanol–water partition coefficient (Wildman–Crippen LogP) is 2.57. The Morgan fingerprint density at radius 2 is 2.04 bits per heavy atom. The second-order valence-corrected chi connectivity index (χ2v) is 8.50. The van der Waals surface area contributed by atoms with Gasteiger partial charge in [0.2, 0.25) is 0 Å². The molecular formula is C20H29N7S. The molecule has 0 spiro atoms. The number of benzene rings is 1. The van der Waals surface area contributed by atoms with Crippen LogP contribution in [0.5, 0.6) is 0 Å². The van der Waals surface area contributed by atoms with E-state index in [4.69, 9.17) is 5.73 Å². The molecule has 0 aliphatic heterocycles. The minimum atomic E-state index is 0.140. The molecule has 7 nitrogen and oxygen atoms in total. The van der Waals surface area contributed by atoms with Crippen LogP contribution in [0.4, 0.5) is 5.82 Å². The summed E-state index contributed by atoms with van der Waals surface area (Å²) in [6.45, 7) is 5.93. The zero-order valence-electron chi connectivity index (χ0n) is 17.0. The first-order chi connectivity index (χ1) is 13.4. The van der Waals surface area contributed by atoms with Crippen molar-refractivity contribution in [1.29, 1.82) is 5.26 Å². The Morgan fingerprint density at radius 1 is 1.32 bits per heavy atom. The number of guanidine groups is 1. The van der Waals surface area contributed by atoms with Gasteiger partial charge in [-0.2, -0.15) is 22.1 Å². The van der Waals surface area contributed by atoms with Crippen molar-refractivity contribution in [1.82, 2.24) is 20.4 Å². The highest BCUT2D eigenvalue weighted by molar-refractivity contribution is 7.99. The van der Waals surface area contributed by atoms with Crippen LogP contribution in [0.2, 0.25) is 0 Å². The third-order valence-corrected chi connectivity index (χ3v) is 5.70. The average molecular weight is 400 g/mol. The maximum absolute atomic E-state index is 9.48. The number of aliphatic imine (C=N–C) groups is 1. The van der Waals surface area contributed by atoms with Gasteiger partial charge in [0, 0.05) is 24.9 Å². The van der Waals surface area contributed by atoms with Crippen LogP contribution in [-0.4, -0.2) is 46.9 Å². The highest BCUT2D eigenvalue weighted by Crippen LogP contribution is 2.21. The predicted molar refractivity (Wildman–Crippen MR) is 118 cm³/mol. The van der Waals surface area contributed by atoms with Gasteiger partial charge in [0.05, 0.1) is 11.4 Å². The molecule has 1 heterocycles. The quantitative estimate of drug-likeness (QED) is 0.358.